The van der Waals surface area contributed by atoms with E-state index in [1.807, 2.05) is 6.07 Å². The summed E-state index contributed by atoms with van der Waals surface area (Å²) in [6, 6.07) is 8.68. The van der Waals surface area contributed by atoms with Crippen LogP contribution in [-0.2, 0) is 15.8 Å². The number of benzene rings is 1. The van der Waals surface area contributed by atoms with E-state index in [4.69, 9.17) is 5.26 Å². The van der Waals surface area contributed by atoms with Crippen LogP contribution in [0.3, 0.4) is 0 Å². The van der Waals surface area contributed by atoms with Gasteiger partial charge in [0.2, 0.25) is 10.0 Å². The van der Waals surface area contributed by atoms with Crippen LogP contribution in [0, 0.1) is 11.3 Å². The van der Waals surface area contributed by atoms with Crippen LogP contribution in [0.15, 0.2) is 24.3 Å². The third kappa shape index (κ3) is 2.69. The van der Waals surface area contributed by atoms with Crippen molar-refractivity contribution in [3.05, 3.63) is 35.4 Å². The molecule has 5 nitrogen and oxygen atoms in total. The Hall–Kier alpha value is -1.42. The molecule has 1 N–H and O–H groups in total. The van der Waals surface area contributed by atoms with E-state index in [2.05, 4.69) is 0 Å². The number of nitrogens with zero attached hydrogens (tertiary/aromatic N) is 2. The van der Waals surface area contributed by atoms with Gasteiger partial charge in [-0.3, -0.25) is 0 Å². The highest BCUT2D eigenvalue weighted by Crippen LogP contribution is 2.38. The highest BCUT2D eigenvalue weighted by Gasteiger charge is 2.46. The second-order valence-corrected chi connectivity index (χ2v) is 7.74. The minimum absolute atomic E-state index is 0.0852. The van der Waals surface area contributed by atoms with Crippen LogP contribution in [0.1, 0.15) is 36.8 Å². The Morgan fingerprint density at radius 2 is 1.86 bits per heavy atom. The second kappa shape index (κ2) is 5.41. The monoisotopic (exact) mass is 306 g/mol. The average molecular weight is 306 g/mol. The number of rotatable bonds is 3. The highest BCUT2D eigenvalue weighted by atomic mass is 32.2. The Balaban J connectivity index is 1.87. The largest absolute Gasteiger partial charge is 0.393 e. The molecule has 2 unspecified atom stereocenters. The summed E-state index contributed by atoms with van der Waals surface area (Å²) >= 11 is 0. The first kappa shape index (κ1) is 14.5. The van der Waals surface area contributed by atoms with Crippen molar-refractivity contribution < 1.29 is 13.5 Å². The van der Waals surface area contributed by atoms with Crippen LogP contribution in [0.4, 0.5) is 0 Å². The molecule has 1 aromatic carbocycles. The first-order valence-corrected chi connectivity index (χ1v) is 8.79. The zero-order chi connectivity index (χ0) is 15.0. The van der Waals surface area contributed by atoms with Crippen molar-refractivity contribution in [2.45, 2.75) is 49.6 Å². The molecule has 21 heavy (non-hydrogen) atoms. The average Bonchev–Trinajstić information content (AvgIpc) is 2.73. The fourth-order valence-corrected chi connectivity index (χ4v) is 5.67. The van der Waals surface area contributed by atoms with Gasteiger partial charge in [-0.2, -0.15) is 9.57 Å². The van der Waals surface area contributed by atoms with Gasteiger partial charge in [0.15, 0.2) is 0 Å². The molecule has 0 aliphatic carbocycles. The Labute approximate surface area is 124 Å². The van der Waals surface area contributed by atoms with E-state index in [1.165, 1.54) is 0 Å². The summed E-state index contributed by atoms with van der Waals surface area (Å²) in [6.07, 6.45) is 2.30. The molecule has 2 saturated heterocycles. The van der Waals surface area contributed by atoms with Gasteiger partial charge in [0.05, 0.1) is 23.5 Å². The molecule has 0 amide bonds. The Morgan fingerprint density at radius 1 is 1.24 bits per heavy atom. The molecular weight excluding hydrogens is 288 g/mol. The molecule has 0 aromatic heterocycles. The smallest absolute Gasteiger partial charge is 0.218 e. The lowest BCUT2D eigenvalue weighted by Gasteiger charge is -2.36. The molecule has 0 radical (unpaired) electrons. The van der Waals surface area contributed by atoms with Gasteiger partial charge in [0.1, 0.15) is 0 Å². The van der Waals surface area contributed by atoms with E-state index in [9.17, 15) is 13.5 Å². The molecule has 3 rings (SSSR count). The summed E-state index contributed by atoms with van der Waals surface area (Å²) in [4.78, 5) is 0. The number of hydrogen-bond donors (Lipinski definition) is 1. The van der Waals surface area contributed by atoms with Crippen molar-refractivity contribution in [2.75, 3.05) is 0 Å². The van der Waals surface area contributed by atoms with Gasteiger partial charge in [0, 0.05) is 12.1 Å². The van der Waals surface area contributed by atoms with E-state index < -0.39 is 10.0 Å². The maximum Gasteiger partial charge on any atom is 0.218 e. The molecule has 0 spiro atoms. The summed E-state index contributed by atoms with van der Waals surface area (Å²) in [6.45, 7) is 0. The number of fused-ring (bicyclic) bond motifs is 2. The van der Waals surface area contributed by atoms with Crippen LogP contribution in [-0.4, -0.2) is 36.0 Å². The van der Waals surface area contributed by atoms with Crippen molar-refractivity contribution >= 4 is 10.0 Å². The first-order valence-electron chi connectivity index (χ1n) is 7.18. The SMILES string of the molecule is N#Cc1ccccc1CS(=O)(=O)N1C2CCC1CC(O)C2. The third-order valence-electron chi connectivity index (χ3n) is 4.44. The highest BCUT2D eigenvalue weighted by molar-refractivity contribution is 7.88. The van der Waals surface area contributed by atoms with Crippen LogP contribution in [0.2, 0.25) is 0 Å². The number of nitriles is 1. The molecule has 2 fully saturated rings. The van der Waals surface area contributed by atoms with Gasteiger partial charge < -0.3 is 5.11 Å². The Bertz CT molecular complexity index is 666. The van der Waals surface area contributed by atoms with Gasteiger partial charge >= 0.3 is 0 Å². The van der Waals surface area contributed by atoms with Crippen LogP contribution in [0.5, 0.6) is 0 Å². The van der Waals surface area contributed by atoms with Crippen molar-refractivity contribution in [3.63, 3.8) is 0 Å². The summed E-state index contributed by atoms with van der Waals surface area (Å²) in [5, 5.41) is 18.9. The second-order valence-electron chi connectivity index (χ2n) is 5.87. The van der Waals surface area contributed by atoms with Gasteiger partial charge in [-0.1, -0.05) is 18.2 Å². The topological polar surface area (TPSA) is 81.4 Å². The van der Waals surface area contributed by atoms with Crippen LogP contribution < -0.4 is 0 Å². The summed E-state index contributed by atoms with van der Waals surface area (Å²) in [5.74, 6) is -0.139. The molecule has 112 valence electrons. The predicted octanol–water partition coefficient (Wildman–Crippen LogP) is 1.38. The van der Waals surface area contributed by atoms with E-state index in [0.29, 0.717) is 24.0 Å². The fourth-order valence-electron chi connectivity index (χ4n) is 3.59. The quantitative estimate of drug-likeness (QED) is 0.914. The molecule has 2 bridgehead atoms. The maximum absolute atomic E-state index is 12.7. The third-order valence-corrected chi connectivity index (χ3v) is 6.35. The lowest BCUT2D eigenvalue weighted by Crippen LogP contribution is -2.48. The normalized spacial score (nSPS) is 29.2. The number of piperidine rings is 1. The van der Waals surface area contributed by atoms with Gasteiger partial charge in [-0.05, 0) is 37.3 Å². The minimum Gasteiger partial charge on any atom is -0.393 e. The van der Waals surface area contributed by atoms with Gasteiger partial charge in [-0.25, -0.2) is 8.42 Å². The zero-order valence-corrected chi connectivity index (χ0v) is 12.5. The van der Waals surface area contributed by atoms with Crippen molar-refractivity contribution in [2.24, 2.45) is 0 Å². The van der Waals surface area contributed by atoms with Crippen LogP contribution in [0.25, 0.3) is 0 Å². The van der Waals surface area contributed by atoms with Crippen LogP contribution >= 0.6 is 0 Å². The molecule has 1 aromatic rings. The molecule has 2 heterocycles. The molecular formula is C15H18N2O3S. The van der Waals surface area contributed by atoms with E-state index in [-0.39, 0.29) is 23.9 Å². The number of sulfonamides is 1. The van der Waals surface area contributed by atoms with Crippen molar-refractivity contribution in [1.29, 1.82) is 5.26 Å². The predicted molar refractivity (Wildman–Crippen MR) is 77.7 cm³/mol. The standard InChI is InChI=1S/C15H18N2O3S/c16-9-11-3-1-2-4-12(11)10-21(19,20)17-13-5-6-14(17)8-15(18)7-13/h1-4,13-15,18H,5-8,10H2. The van der Waals surface area contributed by atoms with E-state index in [1.54, 1.807) is 28.6 Å². The van der Waals surface area contributed by atoms with Crippen molar-refractivity contribution in [3.8, 4) is 6.07 Å². The van der Waals surface area contributed by atoms with Crippen molar-refractivity contribution in [1.82, 2.24) is 4.31 Å². The number of aliphatic hydroxyl groups excluding tert-OH is 1. The summed E-state index contributed by atoms with van der Waals surface area (Å²) < 4.78 is 27.0. The zero-order valence-electron chi connectivity index (χ0n) is 11.6. The molecule has 2 aliphatic rings. The Morgan fingerprint density at radius 3 is 2.48 bits per heavy atom. The minimum atomic E-state index is -3.46. The summed E-state index contributed by atoms with van der Waals surface area (Å²) in [7, 11) is -3.46. The molecule has 2 aliphatic heterocycles. The van der Waals surface area contributed by atoms with Gasteiger partial charge in [-0.15, -0.1) is 0 Å². The van der Waals surface area contributed by atoms with E-state index >= 15 is 0 Å². The molecule has 2 atom stereocenters. The Kier molecular flexibility index (Phi) is 3.74. The number of hydrogen-bond acceptors (Lipinski definition) is 4. The molecule has 0 saturated carbocycles. The fraction of sp³-hybridized carbons (Fsp3) is 0.533. The lowest BCUT2D eigenvalue weighted by molar-refractivity contribution is 0.0768. The van der Waals surface area contributed by atoms with Gasteiger partial charge in [0.25, 0.3) is 0 Å². The van der Waals surface area contributed by atoms with E-state index in [0.717, 1.165) is 12.8 Å². The first-order chi connectivity index (χ1) is 10.0. The summed E-state index contributed by atoms with van der Waals surface area (Å²) in [5.41, 5.74) is 0.955. The number of aliphatic hydroxyl groups is 1. The molecule has 6 heteroatoms. The maximum atomic E-state index is 12.7. The lowest BCUT2D eigenvalue weighted by atomic mass is 10.0.